The van der Waals surface area contributed by atoms with Crippen molar-refractivity contribution in [2.75, 3.05) is 0 Å². The molecule has 1 N–H and O–H groups in total. The highest BCUT2D eigenvalue weighted by molar-refractivity contribution is 5.98. The molecule has 2 heterocycles. The van der Waals surface area contributed by atoms with Crippen molar-refractivity contribution in [1.82, 2.24) is 4.57 Å². The summed E-state index contributed by atoms with van der Waals surface area (Å²) >= 11 is 0. The maximum Gasteiger partial charge on any atom is 0.573 e. The zero-order chi connectivity index (χ0) is 22.0. The van der Waals surface area contributed by atoms with Crippen LogP contribution < -0.4 is 10.2 Å². The Hall–Kier alpha value is -3.03. The van der Waals surface area contributed by atoms with Gasteiger partial charge in [0, 0.05) is 36.0 Å². The number of carboxylic acid groups (broad SMARTS) is 1. The van der Waals surface area contributed by atoms with Crippen molar-refractivity contribution in [3.8, 4) is 5.75 Å². The number of hydrogen-bond donors (Lipinski definition) is 1. The number of benzene rings is 1. The number of hydrogen-bond acceptors (Lipinski definition) is 3. The van der Waals surface area contributed by atoms with Crippen LogP contribution in [0.2, 0.25) is 0 Å². The van der Waals surface area contributed by atoms with Crippen LogP contribution in [0.4, 0.5) is 13.2 Å². The molecule has 0 fully saturated rings. The van der Waals surface area contributed by atoms with E-state index in [0.29, 0.717) is 23.2 Å². The summed E-state index contributed by atoms with van der Waals surface area (Å²) in [7, 11) is 0. The molecule has 1 aromatic heterocycles. The van der Waals surface area contributed by atoms with E-state index in [2.05, 4.69) is 4.74 Å². The predicted octanol–water partition coefficient (Wildman–Crippen LogP) is 4.90. The average molecular weight is 419 g/mol. The Morgan fingerprint density at radius 1 is 1.20 bits per heavy atom. The smallest absolute Gasteiger partial charge is 0.477 e. The van der Waals surface area contributed by atoms with Gasteiger partial charge in [0.15, 0.2) is 5.43 Å². The molecule has 1 atom stereocenters. The fourth-order valence-electron chi connectivity index (χ4n) is 4.40. The molecule has 2 aliphatic rings. The molecule has 158 valence electrons. The number of carbonyl (C=O) groups is 1. The van der Waals surface area contributed by atoms with Gasteiger partial charge in [0.05, 0.1) is 0 Å². The van der Waals surface area contributed by atoms with Crippen molar-refractivity contribution in [1.29, 1.82) is 0 Å². The lowest BCUT2D eigenvalue weighted by molar-refractivity contribution is -0.274. The second-order valence-corrected chi connectivity index (χ2v) is 8.70. The van der Waals surface area contributed by atoms with E-state index in [1.165, 1.54) is 24.4 Å². The van der Waals surface area contributed by atoms with Gasteiger partial charge in [-0.3, -0.25) is 4.79 Å². The third-order valence-corrected chi connectivity index (χ3v) is 5.75. The minimum Gasteiger partial charge on any atom is -0.477 e. The molecule has 1 aliphatic heterocycles. The summed E-state index contributed by atoms with van der Waals surface area (Å²) in [6, 6.07) is 5.68. The summed E-state index contributed by atoms with van der Waals surface area (Å²) in [5, 5.41) is 9.38. The third-order valence-electron chi connectivity index (χ3n) is 5.75. The van der Waals surface area contributed by atoms with Gasteiger partial charge in [-0.25, -0.2) is 4.79 Å². The lowest BCUT2D eigenvalue weighted by Gasteiger charge is -2.39. The zero-order valence-corrected chi connectivity index (χ0v) is 16.6. The Bertz CT molecular complexity index is 1150. The van der Waals surface area contributed by atoms with Crippen LogP contribution in [-0.2, 0) is 6.42 Å². The number of aromatic carboxylic acids is 1. The molecular formula is C22H20F3NO4. The molecular weight excluding hydrogens is 399 g/mol. The maximum atomic E-state index is 12.9. The number of fused-ring (bicyclic) bond motifs is 4. The topological polar surface area (TPSA) is 68.5 Å². The molecule has 4 rings (SSSR count). The van der Waals surface area contributed by atoms with Crippen LogP contribution in [0.1, 0.15) is 60.4 Å². The molecule has 30 heavy (non-hydrogen) atoms. The van der Waals surface area contributed by atoms with Crippen molar-refractivity contribution < 1.29 is 27.8 Å². The Labute approximate surface area is 170 Å². The van der Waals surface area contributed by atoms with Crippen molar-refractivity contribution in [3.63, 3.8) is 0 Å². The molecule has 0 radical (unpaired) electrons. The van der Waals surface area contributed by atoms with Crippen molar-refractivity contribution in [3.05, 3.63) is 63.1 Å². The van der Waals surface area contributed by atoms with E-state index >= 15 is 0 Å². The van der Waals surface area contributed by atoms with Crippen LogP contribution in [0.3, 0.4) is 0 Å². The number of rotatable bonds is 2. The van der Waals surface area contributed by atoms with Gasteiger partial charge >= 0.3 is 12.3 Å². The number of aromatic nitrogens is 1. The van der Waals surface area contributed by atoms with E-state index in [9.17, 15) is 27.9 Å². The summed E-state index contributed by atoms with van der Waals surface area (Å²) in [6.45, 7) is 6.01. The standard InChI is InChI=1S/C22H20F3NO4/c1-21(2,3)19-8-12-11-5-4-6-18(30-22(23,24)25)14(11)7-13(12)16-9-17(27)15(20(28)29)10-26(16)19/h4-6,9-10,19H,7-8H2,1-3H3,(H,28,29)/t19-/m0/s1. The first-order valence-electron chi connectivity index (χ1n) is 9.46. The SMILES string of the molecule is CC(C)(C)[C@@H]1CC2=C(Cc3c(OC(F)(F)F)cccc32)c2cc(=O)c(C(=O)O)cn21. The Kier molecular flexibility index (Phi) is 4.38. The number of nitrogens with zero attached hydrogens (tertiary/aromatic N) is 1. The van der Waals surface area contributed by atoms with Crippen molar-refractivity contribution in [2.45, 2.75) is 46.0 Å². The highest BCUT2D eigenvalue weighted by Crippen LogP contribution is 2.52. The van der Waals surface area contributed by atoms with E-state index in [-0.39, 0.29) is 29.2 Å². The van der Waals surface area contributed by atoms with Gasteiger partial charge in [-0.05, 0) is 34.6 Å². The van der Waals surface area contributed by atoms with Gasteiger partial charge in [-0.15, -0.1) is 13.2 Å². The minimum absolute atomic E-state index is 0.178. The molecule has 1 aliphatic carbocycles. The second-order valence-electron chi connectivity index (χ2n) is 8.70. The summed E-state index contributed by atoms with van der Waals surface area (Å²) in [4.78, 5) is 23.9. The molecule has 2 aromatic rings. The number of halogens is 3. The van der Waals surface area contributed by atoms with E-state index in [1.54, 1.807) is 10.6 Å². The Morgan fingerprint density at radius 2 is 1.90 bits per heavy atom. The Balaban J connectivity index is 1.91. The van der Waals surface area contributed by atoms with Crippen molar-refractivity contribution in [2.24, 2.45) is 5.41 Å². The second kappa shape index (κ2) is 6.48. The molecule has 0 bridgehead atoms. The first kappa shape index (κ1) is 20.3. The van der Waals surface area contributed by atoms with Crippen molar-refractivity contribution >= 4 is 17.1 Å². The fourth-order valence-corrected chi connectivity index (χ4v) is 4.40. The predicted molar refractivity (Wildman–Crippen MR) is 104 cm³/mol. The lowest BCUT2D eigenvalue weighted by atomic mass is 9.78. The number of carboxylic acids is 1. The van der Waals surface area contributed by atoms with Gasteiger partial charge in [0.1, 0.15) is 11.3 Å². The van der Waals surface area contributed by atoms with Gasteiger partial charge in [-0.1, -0.05) is 32.9 Å². The molecule has 5 nitrogen and oxygen atoms in total. The quantitative estimate of drug-likeness (QED) is 0.752. The summed E-state index contributed by atoms with van der Waals surface area (Å²) in [5.41, 5.74) is 2.02. The number of allylic oxidation sites excluding steroid dienone is 2. The molecule has 0 spiro atoms. The lowest BCUT2D eigenvalue weighted by Crippen LogP contribution is -2.32. The Morgan fingerprint density at radius 3 is 2.50 bits per heavy atom. The molecule has 0 saturated heterocycles. The molecule has 8 heteroatoms. The van der Waals surface area contributed by atoms with Crippen LogP contribution in [0, 0.1) is 5.41 Å². The monoisotopic (exact) mass is 419 g/mol. The van der Waals surface area contributed by atoms with E-state index < -0.39 is 17.8 Å². The molecule has 1 aromatic carbocycles. The van der Waals surface area contributed by atoms with Gasteiger partial charge in [-0.2, -0.15) is 0 Å². The van der Waals surface area contributed by atoms with Crippen LogP contribution in [-0.4, -0.2) is 22.0 Å². The average Bonchev–Trinajstić information content (AvgIpc) is 2.98. The first-order valence-corrected chi connectivity index (χ1v) is 9.46. The minimum atomic E-state index is -4.81. The van der Waals surface area contributed by atoms with Gasteiger partial charge in [0.2, 0.25) is 0 Å². The summed E-state index contributed by atoms with van der Waals surface area (Å²) < 4.78 is 44.6. The summed E-state index contributed by atoms with van der Waals surface area (Å²) in [5.74, 6) is -1.56. The van der Waals surface area contributed by atoms with Crippen LogP contribution in [0.25, 0.3) is 11.1 Å². The van der Waals surface area contributed by atoms with Crippen LogP contribution in [0.15, 0.2) is 35.3 Å². The maximum absolute atomic E-state index is 12.9. The fraction of sp³-hybridized carbons (Fsp3) is 0.364. The number of alkyl halides is 3. The molecule has 0 unspecified atom stereocenters. The number of ether oxygens (including phenoxy) is 1. The normalized spacial score (nSPS) is 18.0. The van der Waals surface area contributed by atoms with Gasteiger partial charge < -0.3 is 14.4 Å². The summed E-state index contributed by atoms with van der Waals surface area (Å²) in [6.07, 6.45) is -2.76. The first-order chi connectivity index (χ1) is 13.9. The van der Waals surface area contributed by atoms with E-state index in [4.69, 9.17) is 0 Å². The highest BCUT2D eigenvalue weighted by Gasteiger charge is 2.40. The molecule has 0 amide bonds. The number of pyridine rings is 1. The molecule has 0 saturated carbocycles. The highest BCUT2D eigenvalue weighted by atomic mass is 19.4. The van der Waals surface area contributed by atoms with Crippen LogP contribution >= 0.6 is 0 Å². The van der Waals surface area contributed by atoms with Crippen LogP contribution in [0.5, 0.6) is 5.75 Å². The van der Waals surface area contributed by atoms with E-state index in [1.807, 2.05) is 20.8 Å². The third kappa shape index (κ3) is 3.30. The van der Waals surface area contributed by atoms with E-state index in [0.717, 1.165) is 11.1 Å². The zero-order valence-electron chi connectivity index (χ0n) is 16.6. The van der Waals surface area contributed by atoms with Gasteiger partial charge in [0.25, 0.3) is 0 Å². The largest absolute Gasteiger partial charge is 0.573 e.